The number of nitrogens with one attached hydrogen (secondary N) is 2. The molecule has 0 unspecified atom stereocenters. The number of H-pyrrole nitrogens is 1. The van der Waals surface area contributed by atoms with Crippen LogP contribution in [0.2, 0.25) is 0 Å². The Morgan fingerprint density at radius 2 is 2.12 bits per heavy atom. The first-order valence-electron chi connectivity index (χ1n) is 8.31. The summed E-state index contributed by atoms with van der Waals surface area (Å²) in [5.41, 5.74) is 2.27. The van der Waals surface area contributed by atoms with E-state index in [2.05, 4.69) is 31.5 Å². The fraction of sp³-hybridized carbons (Fsp3) is 0.412. The third kappa shape index (κ3) is 2.86. The van der Waals surface area contributed by atoms with E-state index in [9.17, 15) is 9.90 Å². The van der Waals surface area contributed by atoms with E-state index in [1.54, 1.807) is 6.20 Å². The number of aromatic nitrogens is 3. The van der Waals surface area contributed by atoms with Crippen molar-refractivity contribution in [1.82, 2.24) is 20.5 Å². The molecule has 1 aromatic carbocycles. The quantitative estimate of drug-likeness (QED) is 0.716. The summed E-state index contributed by atoms with van der Waals surface area (Å²) in [5.74, 6) is 0.640. The van der Waals surface area contributed by atoms with E-state index in [-0.39, 0.29) is 11.5 Å². The van der Waals surface area contributed by atoms with Crippen molar-refractivity contribution in [2.75, 3.05) is 18.0 Å². The molecule has 7 nitrogen and oxygen atoms in total. The summed E-state index contributed by atoms with van der Waals surface area (Å²) in [6.07, 6.45) is 3.29. The van der Waals surface area contributed by atoms with Gasteiger partial charge in [0.25, 0.3) is 0 Å². The average Bonchev–Trinajstić information content (AvgIpc) is 2.89. The Kier molecular flexibility index (Phi) is 3.91. The van der Waals surface area contributed by atoms with Gasteiger partial charge in [0, 0.05) is 18.5 Å². The van der Waals surface area contributed by atoms with Gasteiger partial charge in [-0.15, -0.1) is 5.10 Å². The third-order valence-electron chi connectivity index (χ3n) is 5.39. The van der Waals surface area contributed by atoms with Crippen molar-refractivity contribution in [3.63, 3.8) is 0 Å². The Morgan fingerprint density at radius 3 is 2.80 bits per heavy atom. The molecule has 1 aromatic heterocycles. The van der Waals surface area contributed by atoms with Crippen molar-refractivity contribution in [1.29, 1.82) is 0 Å². The standard InChI is InChI=1S/C17H19N5O2S/c23-16(24)19-14-12-4-2-1-3-11(12)9-17(14)5-7-22(8-6-17)15-18-10-13(25)20-21-15/h1-4,10,14,19H,5-9H2,(H,20,25)(H,23,24)/t14-/m1/s1. The lowest BCUT2D eigenvalue weighted by molar-refractivity contribution is 0.141. The number of carboxylic acid groups (broad SMARTS) is 1. The van der Waals surface area contributed by atoms with Crippen molar-refractivity contribution in [2.45, 2.75) is 25.3 Å². The van der Waals surface area contributed by atoms with E-state index < -0.39 is 6.09 Å². The lowest BCUT2D eigenvalue weighted by Gasteiger charge is -2.43. The van der Waals surface area contributed by atoms with E-state index in [4.69, 9.17) is 12.2 Å². The maximum atomic E-state index is 11.4. The SMILES string of the molecule is O=C(O)N[C@@H]1c2ccccc2CC12CCN(c1ncc(=S)[nH]n1)CC2. The molecule has 2 aromatic rings. The molecule has 2 aliphatic rings. The van der Waals surface area contributed by atoms with E-state index in [0.717, 1.165) is 37.9 Å². The van der Waals surface area contributed by atoms with Crippen molar-refractivity contribution in [3.8, 4) is 0 Å². The topological polar surface area (TPSA) is 94.1 Å². The fourth-order valence-electron chi connectivity index (χ4n) is 4.19. The number of hydrogen-bond donors (Lipinski definition) is 3. The molecule has 1 saturated heterocycles. The van der Waals surface area contributed by atoms with Gasteiger partial charge in [-0.3, -0.25) is 5.10 Å². The number of benzene rings is 1. The van der Waals surface area contributed by atoms with Gasteiger partial charge in [-0.25, -0.2) is 9.78 Å². The molecule has 1 atom stereocenters. The minimum atomic E-state index is -0.970. The lowest BCUT2D eigenvalue weighted by atomic mass is 9.73. The largest absolute Gasteiger partial charge is 0.465 e. The van der Waals surface area contributed by atoms with Crippen LogP contribution >= 0.6 is 12.2 Å². The highest BCUT2D eigenvalue weighted by Gasteiger charge is 2.48. The third-order valence-corrected chi connectivity index (χ3v) is 5.59. The molecule has 2 heterocycles. The van der Waals surface area contributed by atoms with Gasteiger partial charge in [-0.1, -0.05) is 36.5 Å². The first-order chi connectivity index (χ1) is 12.1. The van der Waals surface area contributed by atoms with E-state index in [1.165, 1.54) is 5.56 Å². The molecule has 3 N–H and O–H groups in total. The van der Waals surface area contributed by atoms with Crippen LogP contribution in [0.4, 0.5) is 10.7 Å². The number of fused-ring (bicyclic) bond motifs is 1. The summed E-state index contributed by atoms with van der Waals surface area (Å²) in [5, 5.41) is 19.1. The molecule has 1 fully saturated rings. The van der Waals surface area contributed by atoms with Crippen molar-refractivity contribution in [2.24, 2.45) is 5.41 Å². The van der Waals surface area contributed by atoms with Crippen molar-refractivity contribution >= 4 is 24.3 Å². The zero-order valence-electron chi connectivity index (χ0n) is 13.6. The van der Waals surface area contributed by atoms with Gasteiger partial charge in [0.1, 0.15) is 4.64 Å². The highest BCUT2D eigenvalue weighted by molar-refractivity contribution is 7.71. The van der Waals surface area contributed by atoms with Crippen LogP contribution in [-0.4, -0.2) is 39.5 Å². The molecule has 1 amide bonds. The second-order valence-corrected chi connectivity index (χ2v) is 7.19. The first kappa shape index (κ1) is 16.0. The molecule has 0 radical (unpaired) electrons. The predicted molar refractivity (Wildman–Crippen MR) is 95.1 cm³/mol. The molecule has 25 heavy (non-hydrogen) atoms. The van der Waals surface area contributed by atoms with Crippen LogP contribution in [0, 0.1) is 10.1 Å². The van der Waals surface area contributed by atoms with Gasteiger partial charge >= 0.3 is 6.09 Å². The highest BCUT2D eigenvalue weighted by atomic mass is 32.1. The lowest BCUT2D eigenvalue weighted by Crippen LogP contribution is -2.47. The highest BCUT2D eigenvalue weighted by Crippen LogP contribution is 2.52. The smallest absolute Gasteiger partial charge is 0.405 e. The maximum Gasteiger partial charge on any atom is 0.405 e. The van der Waals surface area contributed by atoms with Gasteiger partial charge in [0.2, 0.25) is 5.95 Å². The number of amides is 1. The molecular formula is C17H19N5O2S. The maximum absolute atomic E-state index is 11.4. The van der Waals surface area contributed by atoms with Crippen molar-refractivity contribution < 1.29 is 9.90 Å². The molecular weight excluding hydrogens is 338 g/mol. The van der Waals surface area contributed by atoms with Gasteiger partial charge < -0.3 is 15.3 Å². The number of carbonyl (C=O) groups is 1. The normalized spacial score (nSPS) is 21.1. The number of anilines is 1. The molecule has 1 aliphatic heterocycles. The Hall–Kier alpha value is -2.48. The van der Waals surface area contributed by atoms with Crippen molar-refractivity contribution in [3.05, 3.63) is 46.2 Å². The van der Waals surface area contributed by atoms with Crippen LogP contribution in [0.25, 0.3) is 0 Å². The predicted octanol–water partition coefficient (Wildman–Crippen LogP) is 2.69. The van der Waals surface area contributed by atoms with Crippen LogP contribution in [0.5, 0.6) is 0 Å². The van der Waals surface area contributed by atoms with Crippen LogP contribution in [-0.2, 0) is 6.42 Å². The van der Waals surface area contributed by atoms with Crippen LogP contribution in [0.3, 0.4) is 0 Å². The van der Waals surface area contributed by atoms with Crippen LogP contribution in [0.15, 0.2) is 30.5 Å². The Labute approximate surface area is 150 Å². The number of piperidine rings is 1. The molecule has 8 heteroatoms. The second-order valence-electron chi connectivity index (χ2n) is 6.75. The summed E-state index contributed by atoms with van der Waals surface area (Å²) in [7, 11) is 0. The molecule has 1 spiro atoms. The minimum Gasteiger partial charge on any atom is -0.465 e. The Bertz CT molecular complexity index is 840. The number of hydrogen-bond acceptors (Lipinski definition) is 5. The molecule has 0 bridgehead atoms. The molecule has 1 aliphatic carbocycles. The van der Waals surface area contributed by atoms with Gasteiger partial charge in [0.15, 0.2) is 0 Å². The van der Waals surface area contributed by atoms with Gasteiger partial charge in [0.05, 0.1) is 12.2 Å². The minimum absolute atomic E-state index is 0.0831. The summed E-state index contributed by atoms with van der Waals surface area (Å²) >= 11 is 4.99. The molecule has 130 valence electrons. The molecule has 4 rings (SSSR count). The fourth-order valence-corrected chi connectivity index (χ4v) is 4.29. The van der Waals surface area contributed by atoms with Crippen LogP contribution < -0.4 is 10.2 Å². The van der Waals surface area contributed by atoms with Crippen LogP contribution in [0.1, 0.15) is 30.0 Å². The number of aromatic amines is 1. The van der Waals surface area contributed by atoms with Gasteiger partial charge in [-0.2, -0.15) is 0 Å². The summed E-state index contributed by atoms with van der Waals surface area (Å²) in [6.45, 7) is 1.58. The number of rotatable bonds is 2. The summed E-state index contributed by atoms with van der Waals surface area (Å²) in [4.78, 5) is 17.8. The zero-order valence-corrected chi connectivity index (χ0v) is 14.4. The second kappa shape index (κ2) is 6.11. The summed E-state index contributed by atoms with van der Waals surface area (Å²) in [6, 6.07) is 7.98. The monoisotopic (exact) mass is 357 g/mol. The van der Waals surface area contributed by atoms with Gasteiger partial charge in [-0.05, 0) is 30.4 Å². The Morgan fingerprint density at radius 1 is 1.36 bits per heavy atom. The van der Waals surface area contributed by atoms with E-state index in [0.29, 0.717) is 10.6 Å². The number of nitrogens with zero attached hydrogens (tertiary/aromatic N) is 3. The molecule has 0 saturated carbocycles. The van der Waals surface area contributed by atoms with E-state index >= 15 is 0 Å². The first-order valence-corrected chi connectivity index (χ1v) is 8.72. The average molecular weight is 357 g/mol. The van der Waals surface area contributed by atoms with E-state index in [1.807, 2.05) is 18.2 Å². The Balaban J connectivity index is 1.57. The zero-order chi connectivity index (χ0) is 17.4. The summed E-state index contributed by atoms with van der Waals surface area (Å²) < 4.78 is 0.509.